The van der Waals surface area contributed by atoms with Crippen molar-refractivity contribution in [3.05, 3.63) is 17.5 Å². The molecule has 0 aliphatic carbocycles. The van der Waals surface area contributed by atoms with E-state index < -0.39 is 0 Å². The molecule has 2 heterocycles. The van der Waals surface area contributed by atoms with Crippen LogP contribution in [0.4, 0.5) is 0 Å². The number of carbonyl (C=O) groups excluding carboxylic acids is 2. The molecule has 0 fully saturated rings. The third-order valence-electron chi connectivity index (χ3n) is 2.25. The van der Waals surface area contributed by atoms with Gasteiger partial charge >= 0.3 is 0 Å². The fourth-order valence-electron chi connectivity index (χ4n) is 1.57. The molecule has 0 saturated carbocycles. The van der Waals surface area contributed by atoms with Crippen LogP contribution in [0.25, 0.3) is 5.78 Å². The van der Waals surface area contributed by atoms with E-state index in [4.69, 9.17) is 0 Å². The average molecular weight is 279 g/mol. The van der Waals surface area contributed by atoms with Gasteiger partial charge in [-0.05, 0) is 19.9 Å². The van der Waals surface area contributed by atoms with E-state index in [0.717, 1.165) is 23.1 Å². The van der Waals surface area contributed by atoms with E-state index in [-0.39, 0.29) is 17.6 Å². The number of nitrogens with one attached hydrogen (secondary N) is 1. The van der Waals surface area contributed by atoms with Gasteiger partial charge in [0.15, 0.2) is 0 Å². The molecular formula is C11H13N5O2S. The minimum Gasteiger partial charge on any atom is -0.296 e. The maximum absolute atomic E-state index is 11.3. The van der Waals surface area contributed by atoms with Crippen molar-refractivity contribution in [2.24, 2.45) is 0 Å². The molecule has 8 heteroatoms. The Kier molecular flexibility index (Phi) is 3.79. The molecule has 0 radical (unpaired) electrons. The molecule has 1 N–H and O–H groups in total. The highest BCUT2D eigenvalue weighted by Crippen LogP contribution is 2.14. The van der Waals surface area contributed by atoms with Gasteiger partial charge in [0, 0.05) is 18.3 Å². The first kappa shape index (κ1) is 13.5. The lowest BCUT2D eigenvalue weighted by atomic mass is 10.4. The zero-order chi connectivity index (χ0) is 14.0. The predicted molar refractivity (Wildman–Crippen MR) is 69.8 cm³/mol. The third kappa shape index (κ3) is 3.28. The molecule has 2 rings (SSSR count). The van der Waals surface area contributed by atoms with Gasteiger partial charge in [-0.25, -0.2) is 9.50 Å². The molecule has 19 heavy (non-hydrogen) atoms. The van der Waals surface area contributed by atoms with Crippen molar-refractivity contribution in [1.29, 1.82) is 0 Å². The Hall–Kier alpha value is -1.96. The number of aromatic nitrogens is 4. The molecule has 0 unspecified atom stereocenters. The highest BCUT2D eigenvalue weighted by Gasteiger charge is 2.10. The normalized spacial score (nSPS) is 10.7. The SMILES string of the molecule is CC(=O)NC(=O)CSc1nc2nc(C)cc(C)n2n1. The van der Waals surface area contributed by atoms with Crippen LogP contribution in [-0.2, 0) is 9.59 Å². The summed E-state index contributed by atoms with van der Waals surface area (Å²) in [4.78, 5) is 30.5. The predicted octanol–water partition coefficient (Wildman–Crippen LogP) is 0.496. The van der Waals surface area contributed by atoms with Crippen LogP contribution in [0.2, 0.25) is 0 Å². The van der Waals surface area contributed by atoms with E-state index in [1.165, 1.54) is 6.92 Å². The maximum Gasteiger partial charge on any atom is 0.253 e. The first-order valence-electron chi connectivity index (χ1n) is 5.60. The Morgan fingerprint density at radius 2 is 2.11 bits per heavy atom. The summed E-state index contributed by atoms with van der Waals surface area (Å²) in [5, 5.41) is 6.89. The summed E-state index contributed by atoms with van der Waals surface area (Å²) in [6.07, 6.45) is 0. The smallest absolute Gasteiger partial charge is 0.253 e. The Bertz CT molecular complexity index is 652. The number of imide groups is 1. The minimum absolute atomic E-state index is 0.0918. The number of hydrogen-bond acceptors (Lipinski definition) is 6. The molecule has 2 aromatic rings. The summed E-state index contributed by atoms with van der Waals surface area (Å²) >= 11 is 1.16. The van der Waals surface area contributed by atoms with Gasteiger partial charge in [0.2, 0.25) is 17.0 Å². The molecule has 0 bridgehead atoms. The highest BCUT2D eigenvalue weighted by atomic mass is 32.2. The fourth-order valence-corrected chi connectivity index (χ4v) is 2.19. The zero-order valence-corrected chi connectivity index (χ0v) is 11.6. The van der Waals surface area contributed by atoms with Crippen molar-refractivity contribution in [3.63, 3.8) is 0 Å². The Balaban J connectivity index is 2.12. The number of hydrogen-bond donors (Lipinski definition) is 1. The number of carbonyl (C=O) groups is 2. The highest BCUT2D eigenvalue weighted by molar-refractivity contribution is 7.99. The van der Waals surface area contributed by atoms with E-state index in [0.29, 0.717) is 10.9 Å². The van der Waals surface area contributed by atoms with Gasteiger partial charge in [-0.3, -0.25) is 14.9 Å². The van der Waals surface area contributed by atoms with E-state index in [1.807, 2.05) is 19.9 Å². The number of thioether (sulfide) groups is 1. The molecule has 0 saturated heterocycles. The second kappa shape index (κ2) is 5.35. The van der Waals surface area contributed by atoms with Crippen molar-refractivity contribution in [3.8, 4) is 0 Å². The average Bonchev–Trinajstić information content (AvgIpc) is 2.68. The topological polar surface area (TPSA) is 89.2 Å². The zero-order valence-electron chi connectivity index (χ0n) is 10.8. The Morgan fingerprint density at radius 3 is 2.79 bits per heavy atom. The number of aryl methyl sites for hydroxylation is 2. The van der Waals surface area contributed by atoms with Crippen LogP contribution in [0.5, 0.6) is 0 Å². The quantitative estimate of drug-likeness (QED) is 0.823. The first-order valence-corrected chi connectivity index (χ1v) is 6.58. The molecule has 0 aromatic carbocycles. The number of rotatable bonds is 3. The van der Waals surface area contributed by atoms with Crippen LogP contribution in [0, 0.1) is 13.8 Å². The van der Waals surface area contributed by atoms with Crippen LogP contribution in [0.15, 0.2) is 11.2 Å². The van der Waals surface area contributed by atoms with Crippen molar-refractivity contribution in [1.82, 2.24) is 24.9 Å². The summed E-state index contributed by atoms with van der Waals surface area (Å²) in [5.41, 5.74) is 1.79. The molecule has 100 valence electrons. The van der Waals surface area contributed by atoms with E-state index in [9.17, 15) is 9.59 Å². The second-order valence-electron chi connectivity index (χ2n) is 4.04. The number of fused-ring (bicyclic) bond motifs is 1. The molecule has 0 aliphatic rings. The van der Waals surface area contributed by atoms with Crippen LogP contribution in [0.1, 0.15) is 18.3 Å². The summed E-state index contributed by atoms with van der Waals surface area (Å²) in [6, 6.07) is 1.90. The lowest BCUT2D eigenvalue weighted by molar-refractivity contribution is -0.127. The fraction of sp³-hybridized carbons (Fsp3) is 0.364. The summed E-state index contributed by atoms with van der Waals surface area (Å²) in [5.74, 6) is -0.139. The van der Waals surface area contributed by atoms with Crippen LogP contribution in [-0.4, -0.2) is 37.1 Å². The van der Waals surface area contributed by atoms with Crippen molar-refractivity contribution in [2.75, 3.05) is 5.75 Å². The third-order valence-corrected chi connectivity index (χ3v) is 3.08. The summed E-state index contributed by atoms with van der Waals surface area (Å²) < 4.78 is 1.62. The number of nitrogens with zero attached hydrogens (tertiary/aromatic N) is 4. The Morgan fingerprint density at radius 1 is 1.37 bits per heavy atom. The Labute approximate surface area is 113 Å². The molecule has 2 amide bonds. The standard InChI is InChI=1S/C11H13N5O2S/c1-6-4-7(2)16-10(12-6)14-11(15-16)19-5-9(18)13-8(3)17/h4H,5H2,1-3H3,(H,13,17,18). The maximum atomic E-state index is 11.3. The van der Waals surface area contributed by atoms with Gasteiger partial charge in [-0.1, -0.05) is 11.8 Å². The number of amides is 2. The van der Waals surface area contributed by atoms with Gasteiger partial charge in [-0.2, -0.15) is 4.98 Å². The first-order chi connectivity index (χ1) is 8.95. The molecule has 0 aliphatic heterocycles. The monoisotopic (exact) mass is 279 g/mol. The van der Waals surface area contributed by atoms with E-state index >= 15 is 0 Å². The van der Waals surface area contributed by atoms with Gasteiger partial charge in [-0.15, -0.1) is 5.10 Å². The molecule has 0 atom stereocenters. The van der Waals surface area contributed by atoms with Crippen LogP contribution < -0.4 is 5.32 Å². The summed E-state index contributed by atoms with van der Waals surface area (Å²) in [6.45, 7) is 5.09. The second-order valence-corrected chi connectivity index (χ2v) is 4.98. The molecule has 7 nitrogen and oxygen atoms in total. The van der Waals surface area contributed by atoms with Crippen molar-refractivity contribution < 1.29 is 9.59 Å². The lowest BCUT2D eigenvalue weighted by Crippen LogP contribution is -2.29. The summed E-state index contributed by atoms with van der Waals surface area (Å²) in [7, 11) is 0. The van der Waals surface area contributed by atoms with Gasteiger partial charge in [0.1, 0.15) is 0 Å². The van der Waals surface area contributed by atoms with E-state index in [1.54, 1.807) is 4.52 Å². The van der Waals surface area contributed by atoms with Crippen LogP contribution in [0.3, 0.4) is 0 Å². The van der Waals surface area contributed by atoms with Gasteiger partial charge in [0.25, 0.3) is 5.78 Å². The molecular weight excluding hydrogens is 266 g/mol. The van der Waals surface area contributed by atoms with Crippen molar-refractivity contribution >= 4 is 29.4 Å². The van der Waals surface area contributed by atoms with E-state index in [2.05, 4.69) is 20.4 Å². The van der Waals surface area contributed by atoms with Crippen molar-refractivity contribution in [2.45, 2.75) is 25.9 Å². The molecule has 2 aromatic heterocycles. The van der Waals surface area contributed by atoms with Gasteiger partial charge < -0.3 is 0 Å². The van der Waals surface area contributed by atoms with Crippen LogP contribution >= 0.6 is 11.8 Å². The largest absolute Gasteiger partial charge is 0.296 e. The minimum atomic E-state index is -0.373. The molecule has 0 spiro atoms. The lowest BCUT2D eigenvalue weighted by Gasteiger charge is -1.98. The van der Waals surface area contributed by atoms with Gasteiger partial charge in [0.05, 0.1) is 5.75 Å².